The maximum Gasteiger partial charge on any atom is 0.325 e. The largest absolute Gasteiger partial charge is 0.480 e. The zero-order valence-corrected chi connectivity index (χ0v) is 12.7. The summed E-state index contributed by atoms with van der Waals surface area (Å²) in [6.07, 6.45) is 0. The molecule has 0 fully saturated rings. The molecule has 2 aromatic rings. The topological polar surface area (TPSA) is 124 Å². The minimum Gasteiger partial charge on any atom is -0.480 e. The van der Waals surface area contributed by atoms with E-state index in [0.29, 0.717) is 10.0 Å². The smallest absolute Gasteiger partial charge is 0.325 e. The molecule has 21 heavy (non-hydrogen) atoms. The van der Waals surface area contributed by atoms with Crippen molar-refractivity contribution in [1.82, 2.24) is 20.2 Å². The number of carboxylic acids is 1. The van der Waals surface area contributed by atoms with Crippen molar-refractivity contribution in [3.05, 3.63) is 38.3 Å². The van der Waals surface area contributed by atoms with Gasteiger partial charge >= 0.3 is 5.97 Å². The number of benzene rings is 1. The van der Waals surface area contributed by atoms with Crippen molar-refractivity contribution in [2.75, 3.05) is 0 Å². The van der Waals surface area contributed by atoms with Gasteiger partial charge in [0.05, 0.1) is 4.92 Å². The van der Waals surface area contributed by atoms with Gasteiger partial charge in [-0.25, -0.2) is 4.68 Å². The summed E-state index contributed by atoms with van der Waals surface area (Å²) in [4.78, 5) is 21.2. The van der Waals surface area contributed by atoms with E-state index in [9.17, 15) is 14.9 Å². The average molecular weight is 374 g/mol. The fourth-order valence-electron chi connectivity index (χ4n) is 1.50. The van der Waals surface area contributed by atoms with Crippen molar-refractivity contribution in [3.8, 4) is 0 Å². The highest BCUT2D eigenvalue weighted by Crippen LogP contribution is 2.29. The van der Waals surface area contributed by atoms with Crippen LogP contribution in [0, 0.1) is 10.1 Å². The van der Waals surface area contributed by atoms with E-state index in [1.807, 2.05) is 0 Å². The molecule has 1 aromatic carbocycles. The van der Waals surface area contributed by atoms with Gasteiger partial charge in [-0.05, 0) is 16.5 Å². The molecule has 2 rings (SSSR count). The van der Waals surface area contributed by atoms with Gasteiger partial charge in [-0.1, -0.05) is 33.8 Å². The number of nitro benzene ring substituents is 1. The highest BCUT2D eigenvalue weighted by molar-refractivity contribution is 9.10. The first-order chi connectivity index (χ1) is 9.97. The number of thioether (sulfide) groups is 1. The van der Waals surface area contributed by atoms with Crippen LogP contribution in [-0.4, -0.2) is 36.2 Å². The van der Waals surface area contributed by atoms with Gasteiger partial charge in [0.15, 0.2) is 0 Å². The molecular formula is C10H8BrN5O4S. The van der Waals surface area contributed by atoms with Gasteiger partial charge in [0.2, 0.25) is 5.16 Å². The first-order valence-corrected chi connectivity index (χ1v) is 7.29. The molecule has 0 aliphatic heterocycles. The number of aliphatic carboxylic acids is 1. The van der Waals surface area contributed by atoms with E-state index in [0.717, 1.165) is 16.4 Å². The van der Waals surface area contributed by atoms with Crippen LogP contribution in [0.4, 0.5) is 5.69 Å². The molecule has 1 N–H and O–H groups in total. The SMILES string of the molecule is O=C(O)Cn1nnnc1SCc1ccc(Br)cc1[N+](=O)[O-]. The van der Waals surface area contributed by atoms with Crippen LogP contribution in [0.15, 0.2) is 27.8 Å². The number of nitro groups is 1. The minimum atomic E-state index is -1.07. The van der Waals surface area contributed by atoms with Crippen molar-refractivity contribution < 1.29 is 14.8 Å². The van der Waals surface area contributed by atoms with E-state index in [4.69, 9.17) is 5.11 Å². The Bertz CT molecular complexity index is 692. The van der Waals surface area contributed by atoms with E-state index in [-0.39, 0.29) is 23.1 Å². The normalized spacial score (nSPS) is 10.5. The second-order valence-corrected chi connectivity index (χ2v) is 5.69. The number of aromatic nitrogens is 4. The number of halogens is 1. The molecule has 0 aliphatic carbocycles. The Morgan fingerprint density at radius 1 is 1.52 bits per heavy atom. The Morgan fingerprint density at radius 3 is 2.95 bits per heavy atom. The third-order valence-corrected chi connectivity index (χ3v) is 3.88. The summed E-state index contributed by atoms with van der Waals surface area (Å²) >= 11 is 4.31. The molecule has 0 unspecified atom stereocenters. The molecule has 0 saturated heterocycles. The maximum absolute atomic E-state index is 11.0. The average Bonchev–Trinajstić information content (AvgIpc) is 2.83. The standard InChI is InChI=1S/C10H8BrN5O4S/c11-7-2-1-6(8(3-7)16(19)20)5-21-10-12-13-14-15(10)4-9(17)18/h1-3H,4-5H2,(H,17,18). The van der Waals surface area contributed by atoms with Gasteiger partial charge < -0.3 is 5.11 Å². The fourth-order valence-corrected chi connectivity index (χ4v) is 2.72. The number of carboxylic acid groups (broad SMARTS) is 1. The third-order valence-electron chi connectivity index (χ3n) is 2.38. The van der Waals surface area contributed by atoms with E-state index in [1.54, 1.807) is 12.1 Å². The Labute approximate surface area is 130 Å². The van der Waals surface area contributed by atoms with E-state index < -0.39 is 10.9 Å². The van der Waals surface area contributed by atoms with Gasteiger partial charge in [-0.15, -0.1) is 5.10 Å². The van der Waals surface area contributed by atoms with Crippen molar-refractivity contribution in [2.24, 2.45) is 0 Å². The summed E-state index contributed by atoms with van der Waals surface area (Å²) in [5, 5.41) is 30.7. The molecule has 0 saturated carbocycles. The summed E-state index contributed by atoms with van der Waals surface area (Å²) in [6, 6.07) is 4.74. The Balaban J connectivity index is 2.15. The third kappa shape index (κ3) is 3.98. The zero-order valence-electron chi connectivity index (χ0n) is 10.3. The van der Waals surface area contributed by atoms with Crippen LogP contribution >= 0.6 is 27.7 Å². The van der Waals surface area contributed by atoms with Gasteiger partial charge in [0.25, 0.3) is 5.69 Å². The molecular weight excluding hydrogens is 366 g/mol. The van der Waals surface area contributed by atoms with Crippen LogP contribution in [-0.2, 0) is 17.1 Å². The Hall–Kier alpha value is -2.01. The van der Waals surface area contributed by atoms with Crippen molar-refractivity contribution in [3.63, 3.8) is 0 Å². The van der Waals surface area contributed by atoms with Gasteiger partial charge in [0.1, 0.15) is 6.54 Å². The summed E-state index contributed by atoms with van der Waals surface area (Å²) < 4.78 is 1.73. The number of tetrazole rings is 1. The summed E-state index contributed by atoms with van der Waals surface area (Å²) in [5.74, 6) is -0.817. The van der Waals surface area contributed by atoms with Crippen molar-refractivity contribution in [1.29, 1.82) is 0 Å². The van der Waals surface area contributed by atoms with Crippen LogP contribution in [0.5, 0.6) is 0 Å². The van der Waals surface area contributed by atoms with Gasteiger partial charge in [0, 0.05) is 21.9 Å². The second-order valence-electron chi connectivity index (χ2n) is 3.83. The number of hydrogen-bond donors (Lipinski definition) is 1. The molecule has 0 amide bonds. The molecule has 11 heteroatoms. The zero-order chi connectivity index (χ0) is 15.4. The summed E-state index contributed by atoms with van der Waals surface area (Å²) in [5.41, 5.74) is 0.479. The van der Waals surface area contributed by atoms with Crippen molar-refractivity contribution >= 4 is 39.3 Å². The maximum atomic E-state index is 11.0. The number of hydrogen-bond acceptors (Lipinski definition) is 7. The summed E-state index contributed by atoms with van der Waals surface area (Å²) in [7, 11) is 0. The molecule has 0 radical (unpaired) electrons. The fraction of sp³-hybridized carbons (Fsp3) is 0.200. The molecule has 0 spiro atoms. The van der Waals surface area contributed by atoms with Crippen LogP contribution in [0.2, 0.25) is 0 Å². The number of carbonyl (C=O) groups is 1. The lowest BCUT2D eigenvalue weighted by Crippen LogP contribution is -2.11. The van der Waals surface area contributed by atoms with Crippen LogP contribution in [0.3, 0.4) is 0 Å². The monoisotopic (exact) mass is 373 g/mol. The molecule has 0 atom stereocenters. The van der Waals surface area contributed by atoms with Gasteiger partial charge in [-0.2, -0.15) is 0 Å². The second kappa shape index (κ2) is 6.63. The number of rotatable bonds is 6. The molecule has 1 aromatic heterocycles. The first-order valence-electron chi connectivity index (χ1n) is 5.51. The van der Waals surface area contributed by atoms with E-state index in [1.165, 1.54) is 6.07 Å². The first kappa shape index (κ1) is 15.4. The molecule has 0 bridgehead atoms. The molecule has 9 nitrogen and oxygen atoms in total. The lowest BCUT2D eigenvalue weighted by atomic mass is 10.2. The quantitative estimate of drug-likeness (QED) is 0.460. The predicted octanol–water partition coefficient (Wildman–Crippen LogP) is 1.72. The lowest BCUT2D eigenvalue weighted by Gasteiger charge is -2.03. The highest BCUT2D eigenvalue weighted by atomic mass is 79.9. The molecule has 110 valence electrons. The van der Waals surface area contributed by atoms with Gasteiger partial charge in [-0.3, -0.25) is 14.9 Å². The molecule has 0 aliphatic rings. The lowest BCUT2D eigenvalue weighted by molar-refractivity contribution is -0.385. The Morgan fingerprint density at radius 2 is 2.29 bits per heavy atom. The van der Waals surface area contributed by atoms with E-state index >= 15 is 0 Å². The Kier molecular flexibility index (Phi) is 4.85. The molecule has 1 heterocycles. The predicted molar refractivity (Wildman–Crippen MR) is 75.8 cm³/mol. The van der Waals surface area contributed by atoms with Crippen LogP contribution < -0.4 is 0 Å². The summed E-state index contributed by atoms with van der Waals surface area (Å²) in [6.45, 7) is -0.363. The minimum absolute atomic E-state index is 0.0193. The van der Waals surface area contributed by atoms with Crippen LogP contribution in [0.25, 0.3) is 0 Å². The highest BCUT2D eigenvalue weighted by Gasteiger charge is 2.16. The van der Waals surface area contributed by atoms with E-state index in [2.05, 4.69) is 31.5 Å². The van der Waals surface area contributed by atoms with Crippen LogP contribution in [0.1, 0.15) is 5.56 Å². The van der Waals surface area contributed by atoms with Crippen molar-refractivity contribution in [2.45, 2.75) is 17.5 Å². The number of nitrogens with zero attached hydrogens (tertiary/aromatic N) is 5.